The predicted molar refractivity (Wildman–Crippen MR) is 96.7 cm³/mol. The number of pyridine rings is 1. The van der Waals surface area contributed by atoms with Gasteiger partial charge in [-0.05, 0) is 30.9 Å². The molecule has 2 aliphatic rings. The number of amides is 4. The SMILES string of the molecule is CC1CCC(CN(C)c2cc(C(F)(F)F)cc(CNC=O)n2)C12NC(=O)NC2=O. The Bertz CT molecular complexity index is 831. The fraction of sp³-hybridized carbons (Fsp3) is 0.556. The zero-order valence-electron chi connectivity index (χ0n) is 16.0. The molecule has 2 fully saturated rings. The number of rotatable bonds is 6. The van der Waals surface area contributed by atoms with Crippen LogP contribution in [0.1, 0.15) is 31.0 Å². The molecule has 0 bridgehead atoms. The van der Waals surface area contributed by atoms with Crippen molar-refractivity contribution >= 4 is 24.2 Å². The Morgan fingerprint density at radius 3 is 2.66 bits per heavy atom. The van der Waals surface area contributed by atoms with Gasteiger partial charge in [0.05, 0.1) is 17.8 Å². The van der Waals surface area contributed by atoms with Crippen LogP contribution < -0.4 is 20.9 Å². The molecule has 3 atom stereocenters. The van der Waals surface area contributed by atoms with E-state index in [0.717, 1.165) is 12.1 Å². The summed E-state index contributed by atoms with van der Waals surface area (Å²) >= 11 is 0. The molecule has 1 aromatic rings. The average molecular weight is 413 g/mol. The lowest BCUT2D eigenvalue weighted by molar-refractivity contribution is -0.137. The van der Waals surface area contributed by atoms with Gasteiger partial charge in [0.1, 0.15) is 11.4 Å². The minimum Gasteiger partial charge on any atom is -0.359 e. The topological polar surface area (TPSA) is 103 Å². The van der Waals surface area contributed by atoms with Crippen molar-refractivity contribution in [2.45, 2.75) is 38.0 Å². The number of nitrogens with one attached hydrogen (secondary N) is 3. The Morgan fingerprint density at radius 1 is 1.34 bits per heavy atom. The first-order valence-electron chi connectivity index (χ1n) is 9.18. The van der Waals surface area contributed by atoms with Gasteiger partial charge < -0.3 is 15.5 Å². The van der Waals surface area contributed by atoms with Gasteiger partial charge in [-0.3, -0.25) is 14.9 Å². The first-order chi connectivity index (χ1) is 13.6. The van der Waals surface area contributed by atoms with Gasteiger partial charge in [0.15, 0.2) is 0 Å². The van der Waals surface area contributed by atoms with Crippen LogP contribution in [0.3, 0.4) is 0 Å². The van der Waals surface area contributed by atoms with E-state index >= 15 is 0 Å². The largest absolute Gasteiger partial charge is 0.416 e. The second-order valence-corrected chi connectivity index (χ2v) is 7.53. The maximum Gasteiger partial charge on any atom is 0.416 e. The third kappa shape index (κ3) is 3.85. The molecule has 29 heavy (non-hydrogen) atoms. The summed E-state index contributed by atoms with van der Waals surface area (Å²) in [5.74, 6) is -0.725. The average Bonchev–Trinajstić information content (AvgIpc) is 3.12. The third-order valence-electron chi connectivity index (χ3n) is 5.74. The van der Waals surface area contributed by atoms with Gasteiger partial charge in [0.2, 0.25) is 6.41 Å². The molecule has 1 aromatic heterocycles. The summed E-state index contributed by atoms with van der Waals surface area (Å²) in [6, 6.07) is 1.26. The van der Waals surface area contributed by atoms with Gasteiger partial charge in [0.25, 0.3) is 5.91 Å². The van der Waals surface area contributed by atoms with Crippen molar-refractivity contribution < 1.29 is 27.6 Å². The van der Waals surface area contributed by atoms with Crippen molar-refractivity contribution in [3.05, 3.63) is 23.4 Å². The number of carbonyl (C=O) groups excluding carboxylic acids is 3. The van der Waals surface area contributed by atoms with Gasteiger partial charge in [-0.1, -0.05) is 6.92 Å². The van der Waals surface area contributed by atoms with Gasteiger partial charge >= 0.3 is 12.2 Å². The van der Waals surface area contributed by atoms with Crippen LogP contribution in [-0.2, 0) is 22.3 Å². The Labute approximate surface area is 165 Å². The zero-order valence-corrected chi connectivity index (χ0v) is 16.0. The number of imide groups is 1. The van der Waals surface area contributed by atoms with E-state index in [9.17, 15) is 27.6 Å². The molecule has 11 heteroatoms. The summed E-state index contributed by atoms with van der Waals surface area (Å²) in [5.41, 5.74) is -1.89. The smallest absolute Gasteiger partial charge is 0.359 e. The van der Waals surface area contributed by atoms with Crippen LogP contribution in [0.5, 0.6) is 0 Å². The van der Waals surface area contributed by atoms with Crippen LogP contribution in [-0.4, -0.2) is 42.5 Å². The first-order valence-corrected chi connectivity index (χ1v) is 9.18. The minimum atomic E-state index is -4.57. The predicted octanol–water partition coefficient (Wildman–Crippen LogP) is 1.41. The highest BCUT2D eigenvalue weighted by atomic mass is 19.4. The quantitative estimate of drug-likeness (QED) is 0.483. The maximum atomic E-state index is 13.3. The lowest BCUT2D eigenvalue weighted by atomic mass is 9.81. The van der Waals surface area contributed by atoms with E-state index in [2.05, 4.69) is 20.9 Å². The van der Waals surface area contributed by atoms with E-state index in [1.807, 2.05) is 6.92 Å². The molecule has 1 aliphatic heterocycles. The Kier molecular flexibility index (Phi) is 5.42. The molecule has 3 N–H and O–H groups in total. The van der Waals surface area contributed by atoms with Crippen molar-refractivity contribution in [3.8, 4) is 0 Å². The summed E-state index contributed by atoms with van der Waals surface area (Å²) in [4.78, 5) is 40.5. The van der Waals surface area contributed by atoms with Crippen LogP contribution in [0.4, 0.5) is 23.8 Å². The van der Waals surface area contributed by atoms with Crippen molar-refractivity contribution in [1.82, 2.24) is 20.9 Å². The number of aromatic nitrogens is 1. The summed E-state index contributed by atoms with van der Waals surface area (Å²) in [7, 11) is 1.59. The maximum absolute atomic E-state index is 13.3. The number of hydrogen-bond donors (Lipinski definition) is 3. The van der Waals surface area contributed by atoms with Crippen LogP contribution in [0, 0.1) is 11.8 Å². The van der Waals surface area contributed by atoms with Crippen molar-refractivity contribution in [2.24, 2.45) is 11.8 Å². The Hall–Kier alpha value is -2.85. The third-order valence-corrected chi connectivity index (χ3v) is 5.74. The van der Waals surface area contributed by atoms with Crippen LogP contribution >= 0.6 is 0 Å². The van der Waals surface area contributed by atoms with Crippen molar-refractivity contribution in [2.75, 3.05) is 18.5 Å². The van der Waals surface area contributed by atoms with E-state index < -0.39 is 29.2 Å². The van der Waals surface area contributed by atoms with Crippen LogP contribution in [0.15, 0.2) is 12.1 Å². The molecule has 0 aromatic carbocycles. The molecule has 0 radical (unpaired) electrons. The van der Waals surface area contributed by atoms with E-state index in [1.54, 1.807) is 11.9 Å². The van der Waals surface area contributed by atoms with Gasteiger partial charge in [0, 0.05) is 19.5 Å². The van der Waals surface area contributed by atoms with Gasteiger partial charge in [-0.25, -0.2) is 9.78 Å². The number of urea groups is 1. The molecule has 1 saturated heterocycles. The first kappa shape index (κ1) is 20.9. The highest BCUT2D eigenvalue weighted by Crippen LogP contribution is 2.43. The van der Waals surface area contributed by atoms with Crippen LogP contribution in [0.25, 0.3) is 0 Å². The van der Waals surface area contributed by atoms with Crippen LogP contribution in [0.2, 0.25) is 0 Å². The van der Waals surface area contributed by atoms with E-state index in [0.29, 0.717) is 19.3 Å². The lowest BCUT2D eigenvalue weighted by Gasteiger charge is -2.34. The van der Waals surface area contributed by atoms with E-state index in [4.69, 9.17) is 0 Å². The summed E-state index contributed by atoms with van der Waals surface area (Å²) in [5, 5.41) is 7.32. The molecule has 3 rings (SSSR count). The fourth-order valence-electron chi connectivity index (χ4n) is 4.25. The zero-order chi connectivity index (χ0) is 21.4. The number of anilines is 1. The summed E-state index contributed by atoms with van der Waals surface area (Å²) in [6.07, 6.45) is -2.85. The second kappa shape index (κ2) is 7.53. The number of halogens is 3. The highest BCUT2D eigenvalue weighted by molar-refractivity contribution is 6.07. The van der Waals surface area contributed by atoms with E-state index in [1.165, 1.54) is 0 Å². The highest BCUT2D eigenvalue weighted by Gasteiger charge is 2.58. The molecule has 8 nitrogen and oxygen atoms in total. The Morgan fingerprint density at radius 2 is 2.07 bits per heavy atom. The summed E-state index contributed by atoms with van der Waals surface area (Å²) < 4.78 is 39.9. The monoisotopic (exact) mass is 413 g/mol. The fourth-order valence-corrected chi connectivity index (χ4v) is 4.25. The molecule has 1 spiro atoms. The standard InChI is InChI=1S/C18H22F3N5O3/c1-10-3-4-11(17(10)15(28)24-16(29)25-17)8-26(2)14-6-12(18(19,20)21)5-13(23-14)7-22-9-27/h5-6,9-11H,3-4,7-8H2,1-2H3,(H,22,27)(H2,24,25,28,29). The number of alkyl halides is 3. The molecule has 1 saturated carbocycles. The van der Waals surface area contributed by atoms with Crippen molar-refractivity contribution in [1.29, 1.82) is 0 Å². The van der Waals surface area contributed by atoms with Gasteiger partial charge in [-0.15, -0.1) is 0 Å². The second-order valence-electron chi connectivity index (χ2n) is 7.53. The lowest BCUT2D eigenvalue weighted by Crippen LogP contribution is -2.56. The minimum absolute atomic E-state index is 0.0650. The molecular formula is C18H22F3N5O3. The molecule has 158 valence electrons. The molecule has 2 heterocycles. The summed E-state index contributed by atoms with van der Waals surface area (Å²) in [6.45, 7) is 1.96. The number of carbonyl (C=O) groups is 3. The number of nitrogens with zero attached hydrogens (tertiary/aromatic N) is 2. The molecular weight excluding hydrogens is 391 g/mol. The van der Waals surface area contributed by atoms with Gasteiger partial charge in [-0.2, -0.15) is 13.2 Å². The Balaban J connectivity index is 1.88. The molecule has 1 aliphatic carbocycles. The molecule has 4 amide bonds. The van der Waals surface area contributed by atoms with Crippen molar-refractivity contribution in [3.63, 3.8) is 0 Å². The molecule has 3 unspecified atom stereocenters. The number of hydrogen-bond acceptors (Lipinski definition) is 5. The van der Waals surface area contributed by atoms with E-state index in [-0.39, 0.29) is 36.4 Å². The normalized spacial score (nSPS) is 26.4.